The molecule has 0 bridgehead atoms. The summed E-state index contributed by atoms with van der Waals surface area (Å²) in [4.78, 5) is 19.7. The van der Waals surface area contributed by atoms with Crippen LogP contribution in [-0.4, -0.2) is 34.4 Å². The first-order chi connectivity index (χ1) is 15.0. The van der Waals surface area contributed by atoms with Crippen LogP contribution in [0.25, 0.3) is 10.9 Å². The van der Waals surface area contributed by atoms with Gasteiger partial charge in [-0.2, -0.15) is 0 Å². The number of hydrogen-bond donors (Lipinski definition) is 2. The van der Waals surface area contributed by atoms with Gasteiger partial charge >= 0.3 is 0 Å². The third-order valence-corrected chi connectivity index (χ3v) is 7.05. The van der Waals surface area contributed by atoms with Crippen molar-refractivity contribution in [2.24, 2.45) is 0 Å². The van der Waals surface area contributed by atoms with Crippen molar-refractivity contribution in [3.63, 3.8) is 0 Å². The van der Waals surface area contributed by atoms with Crippen LogP contribution in [0.5, 0.6) is 0 Å². The van der Waals surface area contributed by atoms with E-state index < -0.39 is 11.6 Å². The van der Waals surface area contributed by atoms with Crippen molar-refractivity contribution in [2.45, 2.75) is 36.9 Å². The number of aryl methyl sites for hydroxylation is 1. The number of pyridine rings is 2. The number of nitrogens with zero attached hydrogens (tertiary/aromatic N) is 3. The minimum atomic E-state index is -0.967. The van der Waals surface area contributed by atoms with Crippen molar-refractivity contribution in [3.8, 4) is 0 Å². The first-order valence-corrected chi connectivity index (χ1v) is 11.4. The monoisotopic (exact) mass is 443 g/mol. The van der Waals surface area contributed by atoms with Gasteiger partial charge in [-0.05, 0) is 31.0 Å². The third-order valence-electron chi connectivity index (χ3n) is 6.00. The highest BCUT2D eigenvalue weighted by Crippen LogP contribution is 2.35. The molecular formula is C22H23F2N5OS. The van der Waals surface area contributed by atoms with E-state index in [4.69, 9.17) is 5.73 Å². The number of hydrogen-bond acceptors (Lipinski definition) is 6. The van der Waals surface area contributed by atoms with Crippen LogP contribution in [0.1, 0.15) is 18.4 Å². The van der Waals surface area contributed by atoms with Crippen LogP contribution < -0.4 is 21.4 Å². The Bertz CT molecular complexity index is 1200. The summed E-state index contributed by atoms with van der Waals surface area (Å²) in [5, 5.41) is 3.74. The van der Waals surface area contributed by atoms with Crippen molar-refractivity contribution >= 4 is 34.2 Å². The molecule has 162 valence electrons. The molecule has 1 unspecified atom stereocenters. The zero-order valence-corrected chi connectivity index (χ0v) is 17.7. The van der Waals surface area contributed by atoms with Gasteiger partial charge in [0.2, 0.25) is 0 Å². The molecule has 4 heterocycles. The van der Waals surface area contributed by atoms with Crippen LogP contribution in [0.3, 0.4) is 0 Å². The lowest BCUT2D eigenvalue weighted by atomic mass is 10.0. The Morgan fingerprint density at radius 3 is 2.97 bits per heavy atom. The molecule has 0 spiro atoms. The zero-order valence-electron chi connectivity index (χ0n) is 16.9. The molecule has 1 atom stereocenters. The molecule has 1 fully saturated rings. The average molecular weight is 444 g/mol. The fraction of sp³-hybridized carbons (Fsp3) is 0.364. The molecule has 0 amide bonds. The van der Waals surface area contributed by atoms with Crippen LogP contribution in [0.4, 0.5) is 20.3 Å². The topological polar surface area (TPSA) is 76.2 Å². The normalized spacial score (nSPS) is 18.5. The van der Waals surface area contributed by atoms with Crippen molar-refractivity contribution < 1.29 is 8.78 Å². The zero-order chi connectivity index (χ0) is 21.5. The average Bonchev–Trinajstić information content (AvgIpc) is 2.79. The number of nitrogens with one attached hydrogen (secondary N) is 1. The molecule has 0 radical (unpaired) electrons. The molecule has 2 aromatic heterocycles. The highest BCUT2D eigenvalue weighted by Gasteiger charge is 2.24. The summed E-state index contributed by atoms with van der Waals surface area (Å²) in [5.41, 5.74) is 7.55. The summed E-state index contributed by atoms with van der Waals surface area (Å²) in [6.07, 6.45) is 5.60. The van der Waals surface area contributed by atoms with E-state index in [-0.39, 0.29) is 21.8 Å². The number of rotatable bonds is 4. The van der Waals surface area contributed by atoms with Gasteiger partial charge in [-0.15, -0.1) is 11.8 Å². The Morgan fingerprint density at radius 2 is 2.16 bits per heavy atom. The van der Waals surface area contributed by atoms with E-state index in [1.54, 1.807) is 18.5 Å². The maximum absolute atomic E-state index is 14.2. The maximum Gasteiger partial charge on any atom is 0.194 e. The standard InChI is InChI=1S/C22H23F2N5OS/c23-17-8-16-20-22(19(17)24)31-7-6-29(20)11-13(21(16)30)9-26-14-2-1-5-28(12-14)15-3-4-18(25)27-10-15/h3-4,8,10-11,14,26H,1-2,5-7,9,12H2,(H2,25,27). The maximum atomic E-state index is 14.2. The molecule has 1 saturated heterocycles. The first-order valence-electron chi connectivity index (χ1n) is 10.4. The van der Waals surface area contributed by atoms with Gasteiger partial charge in [0, 0.05) is 49.7 Å². The number of nitrogen functional groups attached to an aromatic ring is 1. The molecule has 9 heteroatoms. The van der Waals surface area contributed by atoms with E-state index in [1.807, 2.05) is 10.6 Å². The summed E-state index contributed by atoms with van der Waals surface area (Å²) in [6, 6.07) is 5.01. The van der Waals surface area contributed by atoms with E-state index in [1.165, 1.54) is 11.8 Å². The highest BCUT2D eigenvalue weighted by molar-refractivity contribution is 7.99. The van der Waals surface area contributed by atoms with Crippen LogP contribution >= 0.6 is 11.8 Å². The predicted molar refractivity (Wildman–Crippen MR) is 120 cm³/mol. The van der Waals surface area contributed by atoms with E-state index >= 15 is 0 Å². The highest BCUT2D eigenvalue weighted by atomic mass is 32.2. The largest absolute Gasteiger partial charge is 0.384 e. The quantitative estimate of drug-likeness (QED) is 0.645. The fourth-order valence-corrected chi connectivity index (χ4v) is 5.51. The van der Waals surface area contributed by atoms with Crippen LogP contribution in [0.2, 0.25) is 0 Å². The summed E-state index contributed by atoms with van der Waals surface area (Å²) >= 11 is 1.26. The fourth-order valence-electron chi connectivity index (χ4n) is 4.43. The lowest BCUT2D eigenvalue weighted by Gasteiger charge is -2.34. The number of piperidine rings is 1. The van der Waals surface area contributed by atoms with Crippen molar-refractivity contribution in [1.82, 2.24) is 14.9 Å². The van der Waals surface area contributed by atoms with Gasteiger partial charge in [-0.25, -0.2) is 13.8 Å². The molecule has 0 aliphatic carbocycles. The van der Waals surface area contributed by atoms with Crippen LogP contribution in [0.15, 0.2) is 40.3 Å². The van der Waals surface area contributed by atoms with Gasteiger partial charge in [0.15, 0.2) is 17.1 Å². The number of benzene rings is 1. The number of thioether (sulfide) groups is 1. The Balaban J connectivity index is 1.37. The van der Waals surface area contributed by atoms with Crippen molar-refractivity contribution in [1.29, 1.82) is 0 Å². The van der Waals surface area contributed by atoms with Gasteiger partial charge in [-0.3, -0.25) is 4.79 Å². The SMILES string of the molecule is Nc1ccc(N2CCCC(NCc3cn4c5c(c(F)c(F)cc5c3=O)SCC4)C2)cn1. The van der Waals surface area contributed by atoms with Gasteiger partial charge in [-0.1, -0.05) is 0 Å². The van der Waals surface area contributed by atoms with Crippen molar-refractivity contribution in [2.75, 3.05) is 29.5 Å². The van der Waals surface area contributed by atoms with Gasteiger partial charge < -0.3 is 20.5 Å². The number of aromatic nitrogens is 2. The van der Waals surface area contributed by atoms with Gasteiger partial charge in [0.25, 0.3) is 0 Å². The van der Waals surface area contributed by atoms with Gasteiger partial charge in [0.05, 0.1) is 27.7 Å². The van der Waals surface area contributed by atoms with E-state index in [2.05, 4.69) is 15.2 Å². The Kier molecular flexibility index (Phi) is 5.31. The van der Waals surface area contributed by atoms with Crippen molar-refractivity contribution in [3.05, 3.63) is 58.0 Å². The second kappa shape index (κ2) is 8.12. The second-order valence-electron chi connectivity index (χ2n) is 8.03. The lowest BCUT2D eigenvalue weighted by molar-refractivity contribution is 0.420. The van der Waals surface area contributed by atoms with Crippen LogP contribution in [0, 0.1) is 11.6 Å². The Morgan fingerprint density at radius 1 is 1.29 bits per heavy atom. The molecular weight excluding hydrogens is 420 g/mol. The smallest absolute Gasteiger partial charge is 0.194 e. The molecule has 2 aliphatic rings. The number of anilines is 2. The van der Waals surface area contributed by atoms with E-state index in [0.717, 1.165) is 37.7 Å². The molecule has 31 heavy (non-hydrogen) atoms. The summed E-state index contributed by atoms with van der Waals surface area (Å²) in [6.45, 7) is 2.79. The predicted octanol–water partition coefficient (Wildman–Crippen LogP) is 3.12. The lowest BCUT2D eigenvalue weighted by Crippen LogP contribution is -2.46. The summed E-state index contributed by atoms with van der Waals surface area (Å²) in [7, 11) is 0. The first kappa shape index (κ1) is 20.3. The second-order valence-corrected chi connectivity index (χ2v) is 9.14. The molecule has 2 aliphatic heterocycles. The molecule has 1 aromatic carbocycles. The number of halogens is 2. The van der Waals surface area contributed by atoms with E-state index in [0.29, 0.717) is 35.7 Å². The minimum absolute atomic E-state index is 0.207. The summed E-state index contributed by atoms with van der Waals surface area (Å²) in [5.74, 6) is -0.693. The van der Waals surface area contributed by atoms with Gasteiger partial charge in [0.1, 0.15) is 5.82 Å². The Hall–Kier alpha value is -2.65. The third kappa shape index (κ3) is 3.76. The number of nitrogens with two attached hydrogens (primary N) is 1. The molecule has 3 aromatic rings. The molecule has 5 rings (SSSR count). The van der Waals surface area contributed by atoms with E-state index in [9.17, 15) is 13.6 Å². The molecule has 0 saturated carbocycles. The summed E-state index contributed by atoms with van der Waals surface area (Å²) < 4.78 is 30.2. The Labute approximate surface area is 182 Å². The molecule has 6 nitrogen and oxygen atoms in total. The minimum Gasteiger partial charge on any atom is -0.384 e. The molecule has 3 N–H and O–H groups in total. The van der Waals surface area contributed by atoms with Crippen LogP contribution in [-0.2, 0) is 13.1 Å².